The number of benzene rings is 1. The Bertz CT molecular complexity index is 1520. The highest BCUT2D eigenvalue weighted by molar-refractivity contribution is 7.24. The molecule has 200 valence electrons. The topological polar surface area (TPSA) is 88.4 Å². The lowest BCUT2D eigenvalue weighted by Crippen LogP contribution is -2.43. The number of hydrogen-bond acceptors (Lipinski definition) is 8. The first-order valence-corrected chi connectivity index (χ1v) is 14.3. The summed E-state index contributed by atoms with van der Waals surface area (Å²) in [4.78, 5) is 37.3. The molecule has 2 saturated heterocycles. The number of ether oxygens (including phenoxy) is 2. The van der Waals surface area contributed by atoms with E-state index < -0.39 is 0 Å². The number of aromatic nitrogens is 2. The maximum Gasteiger partial charge on any atom is 0.258 e. The van der Waals surface area contributed by atoms with Gasteiger partial charge in [-0.05, 0) is 50.6 Å². The second kappa shape index (κ2) is 11.0. The van der Waals surface area contributed by atoms with E-state index in [4.69, 9.17) is 14.5 Å². The Balaban J connectivity index is 1.34. The lowest BCUT2D eigenvalue weighted by Gasteiger charge is -2.32. The molecule has 2 aliphatic rings. The van der Waals surface area contributed by atoms with Crippen LogP contribution < -0.4 is 15.6 Å². The molecule has 1 aromatic carbocycles. The van der Waals surface area contributed by atoms with Crippen LogP contribution in [0.3, 0.4) is 0 Å². The summed E-state index contributed by atoms with van der Waals surface area (Å²) >= 11 is 1.46. The van der Waals surface area contributed by atoms with Gasteiger partial charge in [-0.3, -0.25) is 18.9 Å². The van der Waals surface area contributed by atoms with Crippen LogP contribution in [-0.2, 0) is 9.47 Å². The summed E-state index contributed by atoms with van der Waals surface area (Å²) in [5.74, 6) is 0.477. The van der Waals surface area contributed by atoms with Gasteiger partial charge in [0, 0.05) is 39.3 Å². The summed E-state index contributed by atoms with van der Waals surface area (Å²) in [7, 11) is 0. The normalized spacial score (nSPS) is 19.0. The number of piperidine rings is 1. The van der Waals surface area contributed by atoms with E-state index in [2.05, 4.69) is 15.1 Å². The smallest absolute Gasteiger partial charge is 0.258 e. The van der Waals surface area contributed by atoms with E-state index in [1.807, 2.05) is 47.7 Å². The third kappa shape index (κ3) is 4.77. The number of likely N-dealkylation sites (tertiary alicyclic amines) is 1. The molecule has 1 N–H and O–H groups in total. The van der Waals surface area contributed by atoms with E-state index in [0.717, 1.165) is 68.2 Å². The highest BCUT2D eigenvalue weighted by Gasteiger charge is 2.24. The van der Waals surface area contributed by atoms with Crippen molar-refractivity contribution in [2.24, 2.45) is 0 Å². The number of amides is 1. The number of fused-ring (bicyclic) bond motifs is 5. The molecule has 0 radical (unpaired) electrons. The molecule has 10 heteroatoms. The van der Waals surface area contributed by atoms with Crippen molar-refractivity contribution in [3.63, 3.8) is 0 Å². The van der Waals surface area contributed by atoms with Gasteiger partial charge < -0.3 is 19.7 Å². The summed E-state index contributed by atoms with van der Waals surface area (Å²) in [6.45, 7) is 8.62. The van der Waals surface area contributed by atoms with E-state index in [-0.39, 0.29) is 23.0 Å². The molecule has 3 aromatic heterocycles. The number of anilines is 1. The first kappa shape index (κ1) is 25.2. The van der Waals surface area contributed by atoms with Crippen LogP contribution in [0.4, 0.5) is 5.82 Å². The average Bonchev–Trinajstić information content (AvgIpc) is 3.33. The molecule has 6 rings (SSSR count). The van der Waals surface area contributed by atoms with Gasteiger partial charge in [-0.1, -0.05) is 12.1 Å². The number of pyridine rings is 2. The van der Waals surface area contributed by atoms with Crippen molar-refractivity contribution < 1.29 is 14.3 Å². The Hall–Kier alpha value is -3.05. The van der Waals surface area contributed by atoms with Gasteiger partial charge in [-0.25, -0.2) is 4.98 Å². The minimum atomic E-state index is -0.337. The van der Waals surface area contributed by atoms with Crippen molar-refractivity contribution in [3.05, 3.63) is 52.2 Å². The third-order valence-corrected chi connectivity index (χ3v) is 8.56. The minimum Gasteiger partial charge on any atom is -0.378 e. The molecule has 2 aliphatic heterocycles. The van der Waals surface area contributed by atoms with Crippen LogP contribution in [0.5, 0.6) is 0 Å². The minimum absolute atomic E-state index is 0.186. The van der Waals surface area contributed by atoms with E-state index >= 15 is 0 Å². The van der Waals surface area contributed by atoms with Crippen LogP contribution in [0, 0.1) is 0 Å². The maximum absolute atomic E-state index is 13.8. The van der Waals surface area contributed by atoms with Crippen LogP contribution in [0.15, 0.2) is 41.2 Å². The Morgan fingerprint density at radius 1 is 1.18 bits per heavy atom. The summed E-state index contributed by atoms with van der Waals surface area (Å²) in [5, 5.41) is 3.48. The van der Waals surface area contributed by atoms with Crippen LogP contribution in [0.1, 0.15) is 30.1 Å². The molecule has 0 saturated carbocycles. The molecule has 9 nitrogen and oxygen atoms in total. The van der Waals surface area contributed by atoms with E-state index in [1.54, 1.807) is 0 Å². The number of morpholine rings is 1. The highest BCUT2D eigenvalue weighted by Crippen LogP contribution is 2.31. The zero-order valence-corrected chi connectivity index (χ0v) is 22.5. The van der Waals surface area contributed by atoms with Crippen LogP contribution in [0.25, 0.3) is 26.1 Å². The van der Waals surface area contributed by atoms with Crippen molar-refractivity contribution in [1.29, 1.82) is 0 Å². The fourth-order valence-electron chi connectivity index (χ4n) is 5.55. The van der Waals surface area contributed by atoms with Crippen molar-refractivity contribution in [2.75, 3.05) is 64.0 Å². The quantitative estimate of drug-likeness (QED) is 0.389. The summed E-state index contributed by atoms with van der Waals surface area (Å²) in [6, 6.07) is 11.7. The summed E-state index contributed by atoms with van der Waals surface area (Å²) in [5.41, 5.74) is 1.43. The highest BCUT2D eigenvalue weighted by atomic mass is 32.1. The zero-order chi connectivity index (χ0) is 26.1. The second-order valence-corrected chi connectivity index (χ2v) is 10.9. The van der Waals surface area contributed by atoms with Gasteiger partial charge in [0.05, 0.1) is 34.9 Å². The molecule has 38 heavy (non-hydrogen) atoms. The fraction of sp³-hybridized carbons (Fsp3) is 0.464. The molecule has 5 heterocycles. The summed E-state index contributed by atoms with van der Waals surface area (Å²) in [6.07, 6.45) is 2.42. The zero-order valence-electron chi connectivity index (χ0n) is 21.6. The molecule has 0 spiro atoms. The Labute approximate surface area is 225 Å². The van der Waals surface area contributed by atoms with Gasteiger partial charge in [-0.2, -0.15) is 0 Å². The molecule has 1 amide bonds. The Morgan fingerprint density at radius 3 is 2.87 bits per heavy atom. The predicted molar refractivity (Wildman–Crippen MR) is 151 cm³/mol. The van der Waals surface area contributed by atoms with Gasteiger partial charge in [0.25, 0.3) is 5.91 Å². The fourth-order valence-corrected chi connectivity index (χ4v) is 6.73. The number of hydrogen-bond donors (Lipinski definition) is 1. The van der Waals surface area contributed by atoms with Crippen LogP contribution >= 0.6 is 11.3 Å². The molecule has 2 fully saturated rings. The predicted octanol–water partition coefficient (Wildman–Crippen LogP) is 3.13. The first-order chi connectivity index (χ1) is 18.6. The van der Waals surface area contributed by atoms with Crippen LogP contribution in [0.2, 0.25) is 0 Å². The van der Waals surface area contributed by atoms with Gasteiger partial charge in [0.1, 0.15) is 16.2 Å². The Morgan fingerprint density at radius 2 is 2.03 bits per heavy atom. The monoisotopic (exact) mass is 535 g/mol. The van der Waals surface area contributed by atoms with Crippen molar-refractivity contribution in [3.8, 4) is 0 Å². The number of nitrogens with one attached hydrogen (secondary N) is 1. The molecular weight excluding hydrogens is 502 g/mol. The lowest BCUT2D eigenvalue weighted by atomic mass is 10.1. The average molecular weight is 536 g/mol. The molecule has 1 unspecified atom stereocenters. The molecule has 4 aromatic rings. The number of thiazole rings is 1. The molecule has 1 atom stereocenters. The van der Waals surface area contributed by atoms with Crippen molar-refractivity contribution >= 4 is 49.1 Å². The number of nitrogens with zero attached hydrogens (tertiary/aromatic N) is 4. The van der Waals surface area contributed by atoms with Crippen molar-refractivity contribution in [2.45, 2.75) is 25.9 Å². The van der Waals surface area contributed by atoms with Gasteiger partial charge in [0.2, 0.25) is 5.43 Å². The SMILES string of the molecule is CCOC1CCCN(CCNC(=O)c2c(=O)c3ccc(N4CCOCC4)nc3n3c2sc2ccccc23)C1. The molecule has 0 bridgehead atoms. The van der Waals surface area contributed by atoms with Gasteiger partial charge in [0.15, 0.2) is 5.65 Å². The number of carbonyl (C=O) groups excluding carboxylic acids is 1. The lowest BCUT2D eigenvalue weighted by molar-refractivity contribution is 0.00644. The summed E-state index contributed by atoms with van der Waals surface area (Å²) < 4.78 is 14.3. The number of para-hydroxylation sites is 1. The molecule has 0 aliphatic carbocycles. The standard InChI is InChI=1S/C28H33N5O4S/c1-2-37-19-6-5-12-31(18-19)13-11-29-27(35)24-25(34)20-9-10-23(32-14-16-36-17-15-32)30-26(20)33-21-7-3-4-8-22(21)38-28(24)33/h3-4,7-10,19H,2,5-6,11-18H2,1H3,(H,29,35). The number of carbonyl (C=O) groups is 1. The molecular formula is C28H33N5O4S. The maximum atomic E-state index is 13.8. The largest absolute Gasteiger partial charge is 0.378 e. The van der Waals surface area contributed by atoms with Crippen LogP contribution in [-0.4, -0.2) is 85.4 Å². The first-order valence-electron chi connectivity index (χ1n) is 13.5. The van der Waals surface area contributed by atoms with Gasteiger partial charge >= 0.3 is 0 Å². The van der Waals surface area contributed by atoms with Gasteiger partial charge in [-0.15, -0.1) is 11.3 Å². The second-order valence-electron chi connectivity index (χ2n) is 9.83. The van der Waals surface area contributed by atoms with E-state index in [9.17, 15) is 9.59 Å². The van der Waals surface area contributed by atoms with E-state index in [0.29, 0.717) is 35.6 Å². The van der Waals surface area contributed by atoms with E-state index in [1.165, 1.54) is 11.3 Å². The number of rotatable bonds is 7. The third-order valence-electron chi connectivity index (χ3n) is 7.41. The van der Waals surface area contributed by atoms with Crippen molar-refractivity contribution in [1.82, 2.24) is 19.6 Å². The Kier molecular flexibility index (Phi) is 7.29.